The molecule has 0 spiro atoms. The van der Waals surface area contributed by atoms with Gasteiger partial charge < -0.3 is 5.11 Å². The highest BCUT2D eigenvalue weighted by Gasteiger charge is 2.14. The van der Waals surface area contributed by atoms with Crippen molar-refractivity contribution in [3.05, 3.63) is 105 Å². The maximum absolute atomic E-state index is 9.93. The maximum atomic E-state index is 9.93. The zero-order chi connectivity index (χ0) is 38.5. The third-order valence-corrected chi connectivity index (χ3v) is 9.75. The second-order valence-electron chi connectivity index (χ2n) is 16.0. The summed E-state index contributed by atoms with van der Waals surface area (Å²) >= 11 is 0. The van der Waals surface area contributed by atoms with Crippen molar-refractivity contribution < 1.29 is 5.11 Å². The lowest BCUT2D eigenvalue weighted by atomic mass is 9.99. The van der Waals surface area contributed by atoms with Crippen LogP contribution in [0.15, 0.2) is 105 Å². The summed E-state index contributed by atoms with van der Waals surface area (Å²) in [5.41, 5.74) is 12.4. The molecule has 1 unspecified atom stereocenters. The first-order chi connectivity index (χ1) is 24.1. The molecule has 0 fully saturated rings. The Labute approximate surface area is 318 Å². The average Bonchev–Trinajstić information content (AvgIpc) is 3.04. The van der Waals surface area contributed by atoms with Crippen molar-refractivity contribution in [3.8, 4) is 12.3 Å². The van der Waals surface area contributed by atoms with E-state index in [0.29, 0.717) is 6.42 Å². The van der Waals surface area contributed by atoms with Crippen LogP contribution >= 0.6 is 0 Å². The Bertz CT molecular complexity index is 1300. The fraction of sp³-hybridized carbons (Fsp3) is 0.600. The van der Waals surface area contributed by atoms with Crippen LogP contribution in [0.4, 0.5) is 0 Å². The van der Waals surface area contributed by atoms with Gasteiger partial charge in [-0.25, -0.2) is 0 Å². The second-order valence-corrected chi connectivity index (χ2v) is 16.0. The zero-order valence-corrected chi connectivity index (χ0v) is 35.4. The van der Waals surface area contributed by atoms with Crippen molar-refractivity contribution in [1.82, 2.24) is 0 Å². The molecule has 1 atom stereocenters. The minimum atomic E-state index is -0.997. The molecule has 1 N–H and O–H groups in total. The Kier molecular flexibility index (Phi) is 28.1. The highest BCUT2D eigenvalue weighted by molar-refractivity contribution is 5.11. The molecule has 0 aromatic heterocycles. The third-order valence-electron chi connectivity index (χ3n) is 9.75. The SMILES string of the molecule is C#CC(C)(O)CCC=C(C)CCC=C(C)CCC=C(C)CCC=C(C)CCC=C(C)CCC=C(C)CCC=C(C)CCC=C(C)CCC=C(C)C. The van der Waals surface area contributed by atoms with Crippen LogP contribution in [-0.4, -0.2) is 10.7 Å². The molecule has 0 aromatic rings. The molecule has 0 bridgehead atoms. The zero-order valence-electron chi connectivity index (χ0n) is 35.4. The van der Waals surface area contributed by atoms with E-state index in [1.54, 1.807) is 6.92 Å². The van der Waals surface area contributed by atoms with E-state index in [2.05, 4.69) is 130 Å². The normalized spacial score (nSPS) is 15.6. The number of hydrogen-bond donors (Lipinski definition) is 1. The highest BCUT2D eigenvalue weighted by Crippen LogP contribution is 2.18. The van der Waals surface area contributed by atoms with Gasteiger partial charge in [-0.2, -0.15) is 0 Å². The molecular formula is C50H80O. The van der Waals surface area contributed by atoms with Gasteiger partial charge in [-0.3, -0.25) is 0 Å². The molecule has 0 saturated heterocycles. The van der Waals surface area contributed by atoms with Crippen molar-refractivity contribution in [2.75, 3.05) is 0 Å². The van der Waals surface area contributed by atoms with Gasteiger partial charge in [0, 0.05) is 0 Å². The summed E-state index contributed by atoms with van der Waals surface area (Å²) in [4.78, 5) is 0. The summed E-state index contributed by atoms with van der Waals surface area (Å²) in [5, 5.41) is 9.93. The van der Waals surface area contributed by atoms with Gasteiger partial charge in [-0.1, -0.05) is 111 Å². The quantitative estimate of drug-likeness (QED) is 0.0669. The molecule has 1 heteroatoms. The van der Waals surface area contributed by atoms with Crippen LogP contribution in [0, 0.1) is 12.3 Å². The number of terminal acetylenes is 1. The molecule has 0 aromatic carbocycles. The molecule has 0 aliphatic rings. The molecular weight excluding hydrogens is 617 g/mol. The van der Waals surface area contributed by atoms with Crippen molar-refractivity contribution in [3.63, 3.8) is 0 Å². The largest absolute Gasteiger partial charge is 0.378 e. The number of hydrogen-bond acceptors (Lipinski definition) is 1. The first-order valence-electron chi connectivity index (χ1n) is 20.2. The Balaban J connectivity index is 4.25. The van der Waals surface area contributed by atoms with E-state index < -0.39 is 5.60 Å². The monoisotopic (exact) mass is 697 g/mol. The second kappa shape index (κ2) is 29.7. The van der Waals surface area contributed by atoms with Crippen LogP contribution in [0.3, 0.4) is 0 Å². The smallest absolute Gasteiger partial charge is 0.122 e. The lowest BCUT2D eigenvalue weighted by molar-refractivity contribution is 0.113. The van der Waals surface area contributed by atoms with E-state index in [0.717, 1.165) is 77.0 Å². The molecule has 0 aliphatic heterocycles. The first-order valence-corrected chi connectivity index (χ1v) is 20.2. The lowest BCUT2D eigenvalue weighted by Gasteiger charge is -2.14. The van der Waals surface area contributed by atoms with Gasteiger partial charge in [0.2, 0.25) is 0 Å². The molecule has 0 radical (unpaired) electrons. The summed E-state index contributed by atoms with van der Waals surface area (Å²) in [6.45, 7) is 24.2. The fourth-order valence-corrected chi connectivity index (χ4v) is 5.90. The van der Waals surface area contributed by atoms with Crippen LogP contribution in [0.5, 0.6) is 0 Å². The lowest BCUT2D eigenvalue weighted by Crippen LogP contribution is -2.20. The van der Waals surface area contributed by atoms with E-state index in [1.165, 1.54) is 82.3 Å². The van der Waals surface area contributed by atoms with Crippen molar-refractivity contribution in [2.45, 2.75) is 197 Å². The predicted molar refractivity (Wildman–Crippen MR) is 232 cm³/mol. The van der Waals surface area contributed by atoms with Crippen molar-refractivity contribution >= 4 is 0 Å². The van der Waals surface area contributed by atoms with Crippen LogP contribution in [0.25, 0.3) is 0 Å². The van der Waals surface area contributed by atoms with Crippen LogP contribution in [0.2, 0.25) is 0 Å². The molecule has 51 heavy (non-hydrogen) atoms. The maximum Gasteiger partial charge on any atom is 0.122 e. The summed E-state index contributed by atoms with van der Waals surface area (Å²) in [6, 6.07) is 0. The van der Waals surface area contributed by atoms with Crippen LogP contribution < -0.4 is 0 Å². The van der Waals surface area contributed by atoms with Gasteiger partial charge >= 0.3 is 0 Å². The molecule has 0 amide bonds. The predicted octanol–water partition coefficient (Wildman–Crippen LogP) is 15.9. The van der Waals surface area contributed by atoms with Crippen molar-refractivity contribution in [2.24, 2.45) is 0 Å². The molecule has 1 nitrogen and oxygen atoms in total. The molecule has 0 rings (SSSR count). The summed E-state index contributed by atoms with van der Waals surface area (Å²) in [7, 11) is 0. The van der Waals surface area contributed by atoms with Gasteiger partial charge in [-0.05, 0) is 192 Å². The highest BCUT2D eigenvalue weighted by atomic mass is 16.3. The average molecular weight is 697 g/mol. The first kappa shape index (κ1) is 48.2. The van der Waals surface area contributed by atoms with Gasteiger partial charge in [0.1, 0.15) is 5.60 Å². The minimum absolute atomic E-state index is 0.613. The Morgan fingerprint density at radius 1 is 0.392 bits per heavy atom. The number of allylic oxidation sites excluding steroid dienone is 18. The molecule has 0 heterocycles. The minimum Gasteiger partial charge on any atom is -0.378 e. The Morgan fingerprint density at radius 3 is 0.784 bits per heavy atom. The number of rotatable bonds is 27. The Morgan fingerprint density at radius 2 is 0.588 bits per heavy atom. The third kappa shape index (κ3) is 31.6. The van der Waals surface area contributed by atoms with E-state index in [9.17, 15) is 5.11 Å². The fourth-order valence-electron chi connectivity index (χ4n) is 5.90. The molecule has 0 saturated carbocycles. The van der Waals surface area contributed by atoms with Gasteiger partial charge in [0.05, 0.1) is 0 Å². The van der Waals surface area contributed by atoms with Gasteiger partial charge in [-0.15, -0.1) is 6.42 Å². The molecule has 0 aliphatic carbocycles. The number of aliphatic hydroxyl groups is 1. The standard InChI is InChI=1S/C50H80O/c1-13-50(12,51)40-22-39-49(11)38-21-37-48(10)36-20-35-47(9)34-19-33-46(8)32-18-31-45(7)30-17-29-44(6)28-16-27-43(5)26-15-25-42(4)24-14-23-41(2)3/h1,23,25,27,29,31,33,35,37,39,51H,14-22,24,26,28,30,32,34,36,38,40H2,2-12H3. The van der Waals surface area contributed by atoms with E-state index in [4.69, 9.17) is 6.42 Å². The Hall–Kier alpha value is -2.82. The summed E-state index contributed by atoms with van der Waals surface area (Å²) < 4.78 is 0. The molecule has 286 valence electrons. The van der Waals surface area contributed by atoms with Crippen LogP contribution in [0.1, 0.15) is 192 Å². The summed E-state index contributed by atoms with van der Waals surface area (Å²) in [6.07, 6.45) is 46.8. The van der Waals surface area contributed by atoms with Gasteiger partial charge in [0.25, 0.3) is 0 Å². The van der Waals surface area contributed by atoms with Crippen LogP contribution in [-0.2, 0) is 0 Å². The van der Waals surface area contributed by atoms with Gasteiger partial charge in [0.15, 0.2) is 0 Å². The van der Waals surface area contributed by atoms with E-state index >= 15 is 0 Å². The van der Waals surface area contributed by atoms with E-state index in [-0.39, 0.29) is 0 Å². The topological polar surface area (TPSA) is 20.2 Å². The summed E-state index contributed by atoms with van der Waals surface area (Å²) in [5.74, 6) is 2.45. The van der Waals surface area contributed by atoms with Crippen molar-refractivity contribution in [1.29, 1.82) is 0 Å². The van der Waals surface area contributed by atoms with E-state index in [1.807, 2.05) is 0 Å².